The molecule has 0 spiro atoms. The van der Waals surface area contributed by atoms with Crippen molar-refractivity contribution in [3.05, 3.63) is 94.6 Å². The van der Waals surface area contributed by atoms with E-state index in [1.807, 2.05) is 18.4 Å². The number of methoxy groups -OCH3 is 6. The van der Waals surface area contributed by atoms with E-state index in [0.29, 0.717) is 62.3 Å². The van der Waals surface area contributed by atoms with Crippen LogP contribution in [-0.4, -0.2) is 75.0 Å². The van der Waals surface area contributed by atoms with E-state index in [1.54, 1.807) is 66.4 Å². The third-order valence-corrected chi connectivity index (χ3v) is 9.41. The van der Waals surface area contributed by atoms with Gasteiger partial charge in [-0.05, 0) is 65.9 Å². The van der Waals surface area contributed by atoms with E-state index in [9.17, 15) is 14.7 Å². The fourth-order valence-electron chi connectivity index (χ4n) is 5.64. The number of fused-ring (bicyclic) bond motifs is 1. The summed E-state index contributed by atoms with van der Waals surface area (Å²) in [5.74, 6) is 0.231. The van der Waals surface area contributed by atoms with E-state index in [-0.39, 0.29) is 12.0 Å². The number of hydrogen-bond acceptors (Lipinski definition) is 14. The van der Waals surface area contributed by atoms with Gasteiger partial charge in [-0.15, -0.1) is 11.8 Å². The van der Waals surface area contributed by atoms with Gasteiger partial charge in [0.2, 0.25) is 11.5 Å². The maximum absolute atomic E-state index is 13.4. The van der Waals surface area contributed by atoms with Crippen LogP contribution in [0.2, 0.25) is 0 Å². The van der Waals surface area contributed by atoms with Crippen LogP contribution in [0.5, 0.6) is 34.5 Å². The molecule has 0 amide bonds. The SMILES string of the molecule is COc1cc(C=O)cc(OC)c1OC.COc1cc(CC2=C(c3ccc4nsnc4c3)C(=O)OC2(O)c2ccc(SC)cc2)cc(OC)c1OC. The summed E-state index contributed by atoms with van der Waals surface area (Å²) in [6.07, 6.45) is 2.87. The predicted molar refractivity (Wildman–Crippen MR) is 194 cm³/mol. The zero-order valence-corrected chi connectivity index (χ0v) is 30.6. The van der Waals surface area contributed by atoms with Gasteiger partial charge in [-0.25, -0.2) is 4.79 Å². The Morgan fingerprint density at radius 2 is 1.31 bits per heavy atom. The Morgan fingerprint density at radius 1 is 0.765 bits per heavy atom. The van der Waals surface area contributed by atoms with E-state index in [0.717, 1.165) is 34.0 Å². The Hall–Kier alpha value is -5.31. The van der Waals surface area contributed by atoms with Gasteiger partial charge in [-0.2, -0.15) is 8.75 Å². The van der Waals surface area contributed by atoms with Crippen molar-refractivity contribution in [1.82, 2.24) is 8.75 Å². The van der Waals surface area contributed by atoms with Gasteiger partial charge in [0.05, 0.1) is 60.0 Å². The Balaban J connectivity index is 0.000000303. The first-order valence-electron chi connectivity index (χ1n) is 15.3. The summed E-state index contributed by atoms with van der Waals surface area (Å²) in [5.41, 5.74) is 4.32. The molecule has 4 aromatic carbocycles. The van der Waals surface area contributed by atoms with Gasteiger partial charge in [0, 0.05) is 28.0 Å². The molecule has 6 rings (SSSR count). The number of cyclic esters (lactones) is 1. The molecule has 1 N–H and O–H groups in total. The molecular weight excluding hydrogens is 697 g/mol. The Bertz CT molecular complexity index is 2030. The van der Waals surface area contributed by atoms with Gasteiger partial charge >= 0.3 is 5.97 Å². The fourth-order valence-corrected chi connectivity index (χ4v) is 6.56. The number of carbonyl (C=O) groups excluding carboxylic acids is 2. The number of benzene rings is 4. The minimum Gasteiger partial charge on any atom is -0.493 e. The molecule has 12 nitrogen and oxygen atoms in total. The normalized spacial score (nSPS) is 15.1. The number of nitrogens with zero attached hydrogens (tertiary/aromatic N) is 2. The lowest BCUT2D eigenvalue weighted by atomic mass is 9.88. The number of rotatable bonds is 12. The van der Waals surface area contributed by atoms with Crippen LogP contribution >= 0.6 is 23.5 Å². The van der Waals surface area contributed by atoms with Crippen molar-refractivity contribution in [2.24, 2.45) is 0 Å². The highest BCUT2D eigenvalue weighted by Crippen LogP contribution is 2.47. The van der Waals surface area contributed by atoms with Crippen molar-refractivity contribution in [2.45, 2.75) is 17.1 Å². The molecule has 266 valence electrons. The molecular formula is C37H36N2O10S2. The summed E-state index contributed by atoms with van der Waals surface area (Å²) in [6, 6.07) is 19.4. The van der Waals surface area contributed by atoms with Crippen molar-refractivity contribution in [2.75, 3.05) is 48.9 Å². The number of aliphatic hydroxyl groups is 1. The van der Waals surface area contributed by atoms with Crippen LogP contribution in [0.1, 0.15) is 27.0 Å². The number of esters is 1. The third kappa shape index (κ3) is 7.43. The molecule has 51 heavy (non-hydrogen) atoms. The fraction of sp³-hybridized carbons (Fsp3) is 0.243. The smallest absolute Gasteiger partial charge is 0.342 e. The number of hydrogen-bond donors (Lipinski definition) is 1. The summed E-state index contributed by atoms with van der Waals surface area (Å²) in [6.45, 7) is 0. The summed E-state index contributed by atoms with van der Waals surface area (Å²) in [7, 11) is 9.13. The average Bonchev–Trinajstić information content (AvgIpc) is 3.74. The van der Waals surface area contributed by atoms with Gasteiger partial charge in [0.25, 0.3) is 5.79 Å². The Kier molecular flexibility index (Phi) is 11.7. The number of thioether (sulfide) groups is 1. The molecule has 1 aromatic heterocycles. The number of aromatic nitrogens is 2. The molecule has 5 aromatic rings. The lowest BCUT2D eigenvalue weighted by molar-refractivity contribution is -0.185. The van der Waals surface area contributed by atoms with Crippen molar-refractivity contribution in [3.63, 3.8) is 0 Å². The molecule has 0 radical (unpaired) electrons. The van der Waals surface area contributed by atoms with Crippen LogP contribution in [-0.2, 0) is 21.7 Å². The van der Waals surface area contributed by atoms with Crippen molar-refractivity contribution < 1.29 is 47.9 Å². The van der Waals surface area contributed by atoms with Crippen LogP contribution in [0.25, 0.3) is 16.6 Å². The first-order chi connectivity index (χ1) is 24.7. The highest BCUT2D eigenvalue weighted by Gasteiger charge is 2.48. The number of carbonyl (C=O) groups is 2. The van der Waals surface area contributed by atoms with Crippen LogP contribution in [0.4, 0.5) is 0 Å². The molecule has 1 unspecified atom stereocenters. The van der Waals surface area contributed by atoms with E-state index in [1.165, 1.54) is 42.7 Å². The van der Waals surface area contributed by atoms with Gasteiger partial charge in [-0.1, -0.05) is 18.2 Å². The average molecular weight is 733 g/mol. The topological polar surface area (TPSA) is 145 Å². The molecule has 1 atom stereocenters. The van der Waals surface area contributed by atoms with Crippen molar-refractivity contribution in [1.29, 1.82) is 0 Å². The molecule has 1 aliphatic rings. The molecule has 1 aliphatic heterocycles. The van der Waals surface area contributed by atoms with E-state index >= 15 is 0 Å². The molecule has 0 aliphatic carbocycles. The molecule has 14 heteroatoms. The van der Waals surface area contributed by atoms with Crippen LogP contribution in [0.15, 0.2) is 77.2 Å². The summed E-state index contributed by atoms with van der Waals surface area (Å²) in [4.78, 5) is 25.0. The minimum atomic E-state index is -1.97. The van der Waals surface area contributed by atoms with E-state index in [2.05, 4.69) is 8.75 Å². The van der Waals surface area contributed by atoms with E-state index in [4.69, 9.17) is 33.2 Å². The molecule has 2 heterocycles. The summed E-state index contributed by atoms with van der Waals surface area (Å²) >= 11 is 2.68. The first-order valence-corrected chi connectivity index (χ1v) is 17.2. The number of aldehydes is 1. The zero-order chi connectivity index (χ0) is 36.7. The first kappa shape index (κ1) is 37.0. The second-order valence-corrected chi connectivity index (χ2v) is 12.3. The standard InChI is InChI=1S/C27H24N2O6S2.C10H12O4/c1-32-22-12-15(13-23(33-2)25(22)34-3)11-19-24(16-5-10-20-21(14-16)29-37-28-20)26(30)35-27(19,31)17-6-8-18(36-4)9-7-17;1-12-8-4-7(6-11)5-9(13-2)10(8)14-3/h5-10,12-14,31H,11H2,1-4H3;4-6H,1-3H3. The third-order valence-electron chi connectivity index (χ3n) is 8.11. The largest absolute Gasteiger partial charge is 0.493 e. The second kappa shape index (κ2) is 16.1. The Labute approximate surface area is 303 Å². The quantitative estimate of drug-likeness (QED) is 0.0864. The van der Waals surface area contributed by atoms with Crippen LogP contribution in [0, 0.1) is 0 Å². The highest BCUT2D eigenvalue weighted by molar-refractivity contribution is 7.98. The molecule has 0 saturated carbocycles. The zero-order valence-electron chi connectivity index (χ0n) is 29.0. The van der Waals surface area contributed by atoms with Crippen LogP contribution < -0.4 is 28.4 Å². The molecule has 0 saturated heterocycles. The number of ether oxygens (including phenoxy) is 7. The van der Waals surface area contributed by atoms with Gasteiger partial charge in [0.1, 0.15) is 17.3 Å². The molecule has 0 fully saturated rings. The molecule has 0 bridgehead atoms. The highest BCUT2D eigenvalue weighted by atomic mass is 32.2. The van der Waals surface area contributed by atoms with Gasteiger partial charge in [-0.3, -0.25) is 4.79 Å². The lowest BCUT2D eigenvalue weighted by Crippen LogP contribution is -2.29. The minimum absolute atomic E-state index is 0.173. The predicted octanol–water partition coefficient (Wildman–Crippen LogP) is 6.36. The van der Waals surface area contributed by atoms with Crippen molar-refractivity contribution >= 4 is 52.4 Å². The van der Waals surface area contributed by atoms with Gasteiger partial charge < -0.3 is 38.3 Å². The van der Waals surface area contributed by atoms with E-state index < -0.39 is 11.8 Å². The van der Waals surface area contributed by atoms with Crippen molar-refractivity contribution in [3.8, 4) is 34.5 Å². The van der Waals surface area contributed by atoms with Gasteiger partial charge in [0.15, 0.2) is 23.0 Å². The summed E-state index contributed by atoms with van der Waals surface area (Å²) in [5, 5.41) is 12.0. The maximum Gasteiger partial charge on any atom is 0.342 e. The summed E-state index contributed by atoms with van der Waals surface area (Å²) < 4.78 is 46.0. The maximum atomic E-state index is 13.4. The monoisotopic (exact) mass is 732 g/mol. The Morgan fingerprint density at radius 3 is 1.82 bits per heavy atom. The second-order valence-electron chi connectivity index (χ2n) is 10.9. The lowest BCUT2D eigenvalue weighted by Gasteiger charge is -2.26. The van der Waals surface area contributed by atoms with Crippen LogP contribution in [0.3, 0.4) is 0 Å².